The van der Waals surface area contributed by atoms with Crippen molar-refractivity contribution in [2.75, 3.05) is 0 Å². The highest BCUT2D eigenvalue weighted by Crippen LogP contribution is 2.45. The van der Waals surface area contributed by atoms with Crippen molar-refractivity contribution in [3.8, 4) is 11.5 Å². The van der Waals surface area contributed by atoms with Crippen molar-refractivity contribution in [1.29, 1.82) is 0 Å². The number of benzene rings is 4. The molecule has 2 unspecified atom stereocenters. The van der Waals surface area contributed by atoms with Crippen LogP contribution >= 0.6 is 67.8 Å². The van der Waals surface area contributed by atoms with Crippen molar-refractivity contribution >= 4 is 79.5 Å². The summed E-state index contributed by atoms with van der Waals surface area (Å²) in [5.41, 5.74) is 2.98. The number of aliphatic hydroxyl groups is 1. The maximum absolute atomic E-state index is 13.3. The smallest absolute Gasteiger partial charge is 0.342 e. The molecule has 41 heavy (non-hydrogen) atoms. The Morgan fingerprint density at radius 2 is 1.37 bits per heavy atom. The molecule has 6 nitrogen and oxygen atoms in total. The van der Waals surface area contributed by atoms with Gasteiger partial charge in [0, 0.05) is 11.0 Å². The van der Waals surface area contributed by atoms with Gasteiger partial charge in [0.1, 0.15) is 23.7 Å². The molecule has 212 valence electrons. The van der Waals surface area contributed by atoms with Gasteiger partial charge in [-0.05, 0) is 153 Å². The number of carbonyl (C=O) groups excluding carboxylic acids is 2. The van der Waals surface area contributed by atoms with Crippen LogP contribution < -0.4 is 0 Å². The van der Waals surface area contributed by atoms with E-state index < -0.39 is 17.5 Å². The minimum Gasteiger partial charge on any atom is -0.506 e. The van der Waals surface area contributed by atoms with Gasteiger partial charge in [-0.15, -0.1) is 0 Å². The standard InChI is InChI=1S/C32H27I3O6/c1-17(36)20-9-21(18(2)37)11-22(10-20)32(3,24-14-27(34)30(39)28(35)15-24)23-12-25(29(38)26(33)13-23)31(40)41-16-19-7-5-4-6-8-19/h4-15,17,36,38-39H,16H2,1-3H3. The maximum atomic E-state index is 13.3. The number of aromatic hydroxyl groups is 2. The normalized spacial score (nSPS) is 13.3. The molecule has 0 amide bonds. The number of ether oxygens (including phenoxy) is 1. The summed E-state index contributed by atoms with van der Waals surface area (Å²) in [5.74, 6) is -0.862. The third-order valence-corrected chi connectivity index (χ3v) is 9.56. The molecule has 0 aliphatic carbocycles. The summed E-state index contributed by atoms with van der Waals surface area (Å²) in [7, 11) is 0. The number of phenols is 2. The number of aliphatic hydroxyl groups excluding tert-OH is 1. The zero-order chi connectivity index (χ0) is 30.1. The quantitative estimate of drug-likeness (QED) is 0.0721. The number of hydrogen-bond acceptors (Lipinski definition) is 6. The summed E-state index contributed by atoms with van der Waals surface area (Å²) < 4.78 is 7.27. The zero-order valence-corrected chi connectivity index (χ0v) is 28.9. The van der Waals surface area contributed by atoms with Crippen LogP contribution in [-0.4, -0.2) is 27.1 Å². The van der Waals surface area contributed by atoms with E-state index in [0.717, 1.165) is 11.1 Å². The number of carbonyl (C=O) groups is 2. The van der Waals surface area contributed by atoms with E-state index in [9.17, 15) is 24.9 Å². The number of esters is 1. The lowest BCUT2D eigenvalue weighted by Crippen LogP contribution is -2.27. The molecular weight excluding hydrogens is 861 g/mol. The Hall–Kier alpha value is -2.23. The number of phenolic OH excluding ortho intramolecular Hbond substituents is 2. The van der Waals surface area contributed by atoms with E-state index in [4.69, 9.17) is 4.74 Å². The molecule has 3 N–H and O–H groups in total. The number of Topliss-reactive ketones (excluding diaryl/α,β-unsaturated/α-hetero) is 1. The van der Waals surface area contributed by atoms with Gasteiger partial charge in [0.25, 0.3) is 0 Å². The van der Waals surface area contributed by atoms with Crippen LogP contribution in [0.1, 0.15) is 75.4 Å². The molecule has 9 heteroatoms. The largest absolute Gasteiger partial charge is 0.506 e. The highest BCUT2D eigenvalue weighted by molar-refractivity contribution is 14.1. The number of halogens is 3. The Labute approximate surface area is 279 Å². The first-order valence-electron chi connectivity index (χ1n) is 12.6. The topological polar surface area (TPSA) is 104 Å². The molecule has 0 radical (unpaired) electrons. The lowest BCUT2D eigenvalue weighted by Gasteiger charge is -2.34. The summed E-state index contributed by atoms with van der Waals surface area (Å²) >= 11 is 6.13. The van der Waals surface area contributed by atoms with Crippen molar-refractivity contribution in [2.45, 2.75) is 38.9 Å². The summed E-state index contributed by atoms with van der Waals surface area (Å²) in [6.07, 6.45) is -0.833. The average molecular weight is 888 g/mol. The molecule has 0 aliphatic heterocycles. The van der Waals surface area contributed by atoms with Gasteiger partial charge < -0.3 is 20.1 Å². The van der Waals surface area contributed by atoms with E-state index in [0.29, 0.717) is 33.0 Å². The molecule has 0 aliphatic rings. The third-order valence-electron chi connectivity index (χ3n) is 7.09. The summed E-state index contributed by atoms with van der Waals surface area (Å²) in [6.45, 7) is 5.11. The monoisotopic (exact) mass is 888 g/mol. The molecule has 0 spiro atoms. The van der Waals surface area contributed by atoms with Crippen LogP contribution in [0.5, 0.6) is 11.5 Å². The lowest BCUT2D eigenvalue weighted by molar-refractivity contribution is 0.0469. The number of hydrogen-bond donors (Lipinski definition) is 3. The van der Waals surface area contributed by atoms with Crippen LogP contribution in [0.4, 0.5) is 0 Å². The predicted molar refractivity (Wildman–Crippen MR) is 183 cm³/mol. The first-order valence-corrected chi connectivity index (χ1v) is 15.8. The van der Waals surface area contributed by atoms with E-state index in [1.165, 1.54) is 6.92 Å². The molecule has 0 aromatic heterocycles. The van der Waals surface area contributed by atoms with Gasteiger partial charge >= 0.3 is 5.97 Å². The molecule has 4 rings (SSSR count). The first kappa shape index (κ1) is 31.7. The number of rotatable bonds is 8. The van der Waals surface area contributed by atoms with Gasteiger partial charge in [-0.3, -0.25) is 4.79 Å². The summed E-state index contributed by atoms with van der Waals surface area (Å²) in [4.78, 5) is 25.8. The Balaban J connectivity index is 1.96. The average Bonchev–Trinajstić information content (AvgIpc) is 2.95. The molecule has 0 heterocycles. The Morgan fingerprint density at radius 1 is 0.829 bits per heavy atom. The second kappa shape index (κ2) is 13.0. The zero-order valence-electron chi connectivity index (χ0n) is 22.4. The Morgan fingerprint density at radius 3 is 1.93 bits per heavy atom. The minimum atomic E-state index is -0.981. The highest BCUT2D eigenvalue weighted by atomic mass is 127. The molecule has 0 saturated carbocycles. The van der Waals surface area contributed by atoms with Gasteiger partial charge in [0.2, 0.25) is 0 Å². The van der Waals surface area contributed by atoms with Crippen molar-refractivity contribution in [3.05, 3.63) is 122 Å². The van der Waals surface area contributed by atoms with Crippen molar-refractivity contribution < 1.29 is 29.6 Å². The number of ketones is 1. The fraction of sp³-hybridized carbons (Fsp3) is 0.188. The summed E-state index contributed by atoms with van der Waals surface area (Å²) in [5, 5.41) is 32.0. The van der Waals surface area contributed by atoms with Crippen LogP contribution in [0.25, 0.3) is 0 Å². The van der Waals surface area contributed by atoms with Gasteiger partial charge in [0.05, 0.1) is 16.8 Å². The third kappa shape index (κ3) is 6.73. The fourth-order valence-electron chi connectivity index (χ4n) is 4.58. The maximum Gasteiger partial charge on any atom is 0.342 e. The van der Waals surface area contributed by atoms with E-state index in [-0.39, 0.29) is 29.5 Å². The molecule has 2 atom stereocenters. The van der Waals surface area contributed by atoms with E-state index in [1.807, 2.05) is 78.0 Å². The minimum absolute atomic E-state index is 0.00991. The molecule has 0 saturated heterocycles. The Bertz CT molecular complexity index is 1610. The summed E-state index contributed by atoms with van der Waals surface area (Å²) in [6, 6.07) is 21.7. The van der Waals surface area contributed by atoms with Crippen LogP contribution in [0.3, 0.4) is 0 Å². The van der Waals surface area contributed by atoms with E-state index in [1.54, 1.807) is 31.2 Å². The van der Waals surface area contributed by atoms with Gasteiger partial charge in [-0.1, -0.05) is 36.4 Å². The fourth-order valence-corrected chi connectivity index (χ4v) is 6.98. The second-order valence-electron chi connectivity index (χ2n) is 9.91. The molecule has 0 bridgehead atoms. The van der Waals surface area contributed by atoms with Gasteiger partial charge in [-0.2, -0.15) is 0 Å². The van der Waals surface area contributed by atoms with Crippen LogP contribution in [0, 0.1) is 10.7 Å². The van der Waals surface area contributed by atoms with Gasteiger partial charge in [-0.25, -0.2) is 4.79 Å². The van der Waals surface area contributed by atoms with Crippen molar-refractivity contribution in [2.24, 2.45) is 0 Å². The van der Waals surface area contributed by atoms with Crippen LogP contribution in [0.15, 0.2) is 72.8 Å². The molecular formula is C32H27I3O6. The SMILES string of the molecule is CC(=O)c1cc(C(C)O)cc(C(C)(c2cc(I)c(O)c(I)c2)c2cc(I)c(O)c(C(=O)OCc3ccccc3)c2)c1. The molecule has 4 aromatic carbocycles. The van der Waals surface area contributed by atoms with E-state index in [2.05, 4.69) is 45.2 Å². The first-order chi connectivity index (χ1) is 19.3. The molecule has 4 aromatic rings. The predicted octanol–water partition coefficient (Wildman–Crippen LogP) is 7.88. The van der Waals surface area contributed by atoms with Gasteiger partial charge in [0.15, 0.2) is 5.78 Å². The van der Waals surface area contributed by atoms with Crippen LogP contribution in [0.2, 0.25) is 0 Å². The van der Waals surface area contributed by atoms with Crippen molar-refractivity contribution in [3.63, 3.8) is 0 Å². The van der Waals surface area contributed by atoms with Crippen LogP contribution in [-0.2, 0) is 16.8 Å². The molecule has 0 fully saturated rings. The van der Waals surface area contributed by atoms with Crippen molar-refractivity contribution in [1.82, 2.24) is 0 Å². The van der Waals surface area contributed by atoms with E-state index >= 15 is 0 Å². The Kier molecular flexibility index (Phi) is 10.0. The highest BCUT2D eigenvalue weighted by Gasteiger charge is 2.35. The second-order valence-corrected chi connectivity index (χ2v) is 13.4. The lowest BCUT2D eigenvalue weighted by atomic mass is 9.70.